The fourth-order valence-electron chi connectivity index (χ4n) is 1.57. The number of methoxy groups -OCH3 is 1. The summed E-state index contributed by atoms with van der Waals surface area (Å²) in [5.74, 6) is -0.576. The van der Waals surface area contributed by atoms with Crippen molar-refractivity contribution in [1.82, 2.24) is 5.32 Å². The molecule has 0 aromatic heterocycles. The number of carbonyl (C=O) groups is 1. The molecule has 0 heterocycles. The van der Waals surface area contributed by atoms with E-state index in [0.717, 1.165) is 4.47 Å². The van der Waals surface area contributed by atoms with E-state index in [1.807, 2.05) is 0 Å². The maximum Gasteiger partial charge on any atom is 0.325 e. The van der Waals surface area contributed by atoms with Crippen molar-refractivity contribution in [2.75, 3.05) is 13.7 Å². The predicted molar refractivity (Wildman–Crippen MR) is 71.9 cm³/mol. The van der Waals surface area contributed by atoms with E-state index in [-0.39, 0.29) is 11.8 Å². The highest BCUT2D eigenvalue weighted by atomic mass is 79.9. The lowest BCUT2D eigenvalue weighted by atomic mass is 10.1. The number of carbonyl (C=O) groups excluding carboxylic acids is 1. The highest BCUT2D eigenvalue weighted by Gasteiger charge is 2.27. The number of nitrogens with one attached hydrogen (secondary N) is 1. The summed E-state index contributed by atoms with van der Waals surface area (Å²) in [6.45, 7) is 3.96. The average Bonchev–Trinajstić information content (AvgIpc) is 2.32. The number of ether oxygens (including phenoxy) is 1. The first-order valence-electron chi connectivity index (χ1n) is 5.64. The van der Waals surface area contributed by atoms with Crippen molar-refractivity contribution in [3.63, 3.8) is 0 Å². The van der Waals surface area contributed by atoms with Gasteiger partial charge in [-0.3, -0.25) is 4.79 Å². The summed E-state index contributed by atoms with van der Waals surface area (Å²) in [7, 11) is 1.35. The Hall–Kier alpha value is -0.940. The van der Waals surface area contributed by atoms with Gasteiger partial charge in [0.05, 0.1) is 7.11 Å². The molecule has 0 amide bonds. The second kappa shape index (κ2) is 6.29. The molecule has 0 atom stereocenters. The van der Waals surface area contributed by atoms with Gasteiger partial charge in [0.2, 0.25) is 0 Å². The Bertz CT molecular complexity index is 435. The summed E-state index contributed by atoms with van der Waals surface area (Å²) in [5, 5.41) is 3.05. The van der Waals surface area contributed by atoms with Gasteiger partial charge in [0.1, 0.15) is 11.4 Å². The van der Waals surface area contributed by atoms with Gasteiger partial charge in [-0.25, -0.2) is 4.39 Å². The highest BCUT2D eigenvalue weighted by Crippen LogP contribution is 2.16. The van der Waals surface area contributed by atoms with Crippen LogP contribution < -0.4 is 5.32 Å². The maximum atomic E-state index is 13.5. The molecule has 1 rings (SSSR count). The predicted octanol–water partition coefficient (Wildman–Crippen LogP) is 2.67. The molecule has 0 unspecified atom stereocenters. The Labute approximate surface area is 115 Å². The molecule has 0 radical (unpaired) electrons. The van der Waals surface area contributed by atoms with E-state index in [1.165, 1.54) is 13.2 Å². The van der Waals surface area contributed by atoms with E-state index >= 15 is 0 Å². The van der Waals surface area contributed by atoms with E-state index in [4.69, 9.17) is 0 Å². The smallest absolute Gasteiger partial charge is 0.325 e. The minimum Gasteiger partial charge on any atom is -0.468 e. The number of rotatable bonds is 5. The molecule has 5 heteroatoms. The van der Waals surface area contributed by atoms with Gasteiger partial charge < -0.3 is 10.1 Å². The summed E-state index contributed by atoms with van der Waals surface area (Å²) < 4.78 is 19.0. The zero-order valence-corrected chi connectivity index (χ0v) is 12.3. The van der Waals surface area contributed by atoms with Crippen LogP contribution in [0.1, 0.15) is 19.4 Å². The zero-order valence-electron chi connectivity index (χ0n) is 10.7. The number of hydrogen-bond acceptors (Lipinski definition) is 3. The molecule has 1 aromatic rings. The Kier molecular flexibility index (Phi) is 5.28. The van der Waals surface area contributed by atoms with Gasteiger partial charge in [0, 0.05) is 11.0 Å². The summed E-state index contributed by atoms with van der Waals surface area (Å²) in [4.78, 5) is 11.4. The Balaban J connectivity index is 2.56. The van der Waals surface area contributed by atoms with Crippen LogP contribution in [-0.4, -0.2) is 25.2 Å². The molecule has 100 valence electrons. The second-order valence-electron chi connectivity index (χ2n) is 4.53. The SMILES string of the molecule is COC(=O)C(C)(C)NCCc1cc(Br)ccc1F. The monoisotopic (exact) mass is 317 g/mol. The fraction of sp³-hybridized carbons (Fsp3) is 0.462. The van der Waals surface area contributed by atoms with Crippen LogP contribution >= 0.6 is 15.9 Å². The van der Waals surface area contributed by atoms with Gasteiger partial charge >= 0.3 is 5.97 Å². The van der Waals surface area contributed by atoms with Gasteiger partial charge in [-0.1, -0.05) is 15.9 Å². The number of benzene rings is 1. The standard InChI is InChI=1S/C13H17BrFNO2/c1-13(2,12(17)18-3)16-7-6-9-8-10(14)4-5-11(9)15/h4-5,8,16H,6-7H2,1-3H3. The first kappa shape index (κ1) is 15.1. The van der Waals surface area contributed by atoms with Crippen LogP contribution in [0.5, 0.6) is 0 Å². The molecule has 0 aliphatic heterocycles. The van der Waals surface area contributed by atoms with Crippen molar-refractivity contribution in [2.45, 2.75) is 25.8 Å². The highest BCUT2D eigenvalue weighted by molar-refractivity contribution is 9.10. The van der Waals surface area contributed by atoms with Crippen molar-refractivity contribution in [2.24, 2.45) is 0 Å². The van der Waals surface area contributed by atoms with Gasteiger partial charge in [-0.15, -0.1) is 0 Å². The fourth-order valence-corrected chi connectivity index (χ4v) is 1.98. The van der Waals surface area contributed by atoms with Crippen LogP contribution in [0, 0.1) is 5.82 Å². The van der Waals surface area contributed by atoms with Crippen LogP contribution in [-0.2, 0) is 16.0 Å². The van der Waals surface area contributed by atoms with E-state index in [9.17, 15) is 9.18 Å². The van der Waals surface area contributed by atoms with Crippen molar-refractivity contribution < 1.29 is 13.9 Å². The van der Waals surface area contributed by atoms with Crippen LogP contribution in [0.15, 0.2) is 22.7 Å². The van der Waals surface area contributed by atoms with Crippen molar-refractivity contribution in [3.8, 4) is 0 Å². The third kappa shape index (κ3) is 4.07. The molecule has 0 aliphatic carbocycles. The zero-order chi connectivity index (χ0) is 13.8. The van der Waals surface area contributed by atoms with Crippen LogP contribution in [0.25, 0.3) is 0 Å². The van der Waals surface area contributed by atoms with E-state index < -0.39 is 5.54 Å². The molecule has 1 aromatic carbocycles. The van der Waals surface area contributed by atoms with Gasteiger partial charge in [0.15, 0.2) is 0 Å². The molecule has 0 fully saturated rings. The van der Waals surface area contributed by atoms with Gasteiger partial charge in [-0.05, 0) is 44.0 Å². The van der Waals surface area contributed by atoms with Crippen molar-refractivity contribution in [3.05, 3.63) is 34.1 Å². The van der Waals surface area contributed by atoms with Crippen LogP contribution in [0.4, 0.5) is 4.39 Å². The molecular weight excluding hydrogens is 301 g/mol. The van der Waals surface area contributed by atoms with E-state index in [0.29, 0.717) is 18.5 Å². The molecule has 0 saturated carbocycles. The number of halogens is 2. The third-order valence-corrected chi connectivity index (χ3v) is 3.16. The lowest BCUT2D eigenvalue weighted by molar-refractivity contribution is -0.147. The minimum absolute atomic E-state index is 0.240. The largest absolute Gasteiger partial charge is 0.468 e. The van der Waals surface area contributed by atoms with E-state index in [1.54, 1.807) is 26.0 Å². The number of hydrogen-bond donors (Lipinski definition) is 1. The summed E-state index contributed by atoms with van der Waals surface area (Å²) in [6, 6.07) is 4.82. The van der Waals surface area contributed by atoms with E-state index in [2.05, 4.69) is 26.0 Å². The summed E-state index contributed by atoms with van der Waals surface area (Å²) in [5.41, 5.74) is -0.158. The normalized spacial score (nSPS) is 11.4. The summed E-state index contributed by atoms with van der Waals surface area (Å²) >= 11 is 3.30. The minimum atomic E-state index is -0.767. The molecule has 0 saturated heterocycles. The molecule has 0 spiro atoms. The topological polar surface area (TPSA) is 38.3 Å². The van der Waals surface area contributed by atoms with Crippen molar-refractivity contribution in [1.29, 1.82) is 0 Å². The second-order valence-corrected chi connectivity index (χ2v) is 5.44. The average molecular weight is 318 g/mol. The lowest BCUT2D eigenvalue weighted by Gasteiger charge is -2.23. The lowest BCUT2D eigenvalue weighted by Crippen LogP contribution is -2.48. The quantitative estimate of drug-likeness (QED) is 0.848. The molecule has 0 aliphatic rings. The molecule has 0 bridgehead atoms. The molecule has 1 N–H and O–H groups in total. The Morgan fingerprint density at radius 2 is 2.17 bits per heavy atom. The third-order valence-electron chi connectivity index (χ3n) is 2.66. The summed E-state index contributed by atoms with van der Waals surface area (Å²) in [6.07, 6.45) is 0.506. The molecule has 3 nitrogen and oxygen atoms in total. The Morgan fingerprint density at radius 1 is 1.50 bits per heavy atom. The first-order chi connectivity index (χ1) is 8.36. The van der Waals surface area contributed by atoms with Gasteiger partial charge in [-0.2, -0.15) is 0 Å². The van der Waals surface area contributed by atoms with Crippen molar-refractivity contribution >= 4 is 21.9 Å². The van der Waals surface area contributed by atoms with Crippen LogP contribution in [0.3, 0.4) is 0 Å². The Morgan fingerprint density at radius 3 is 2.78 bits per heavy atom. The molecule has 18 heavy (non-hydrogen) atoms. The number of esters is 1. The van der Waals surface area contributed by atoms with Gasteiger partial charge in [0.25, 0.3) is 0 Å². The molecular formula is C13H17BrFNO2. The first-order valence-corrected chi connectivity index (χ1v) is 6.43. The maximum absolute atomic E-state index is 13.5. The van der Waals surface area contributed by atoms with Crippen LogP contribution in [0.2, 0.25) is 0 Å².